The lowest BCUT2D eigenvalue weighted by Gasteiger charge is -2.03. The highest BCUT2D eigenvalue weighted by atomic mass is 16.1. The number of aryl methyl sites for hydroxylation is 1. The van der Waals surface area contributed by atoms with E-state index in [9.17, 15) is 4.79 Å². The van der Waals surface area contributed by atoms with Crippen LogP contribution in [0.15, 0.2) is 18.2 Å². The molecule has 1 radical (unpaired) electrons. The van der Waals surface area contributed by atoms with E-state index in [1.807, 2.05) is 38.3 Å². The van der Waals surface area contributed by atoms with Crippen LogP contribution in [0.4, 0.5) is 0 Å². The molecule has 0 atom stereocenters. The van der Waals surface area contributed by atoms with Crippen molar-refractivity contribution in [2.75, 3.05) is 0 Å². The highest BCUT2D eigenvalue weighted by molar-refractivity contribution is 5.57. The van der Waals surface area contributed by atoms with Crippen LogP contribution in [-0.4, -0.2) is 6.29 Å². The van der Waals surface area contributed by atoms with Gasteiger partial charge in [0, 0.05) is 6.42 Å². The summed E-state index contributed by atoms with van der Waals surface area (Å²) in [7, 11) is 0. The Kier molecular flexibility index (Phi) is 2.42. The molecule has 0 bridgehead atoms. The number of hydrogen-bond acceptors (Lipinski definition) is 1. The maximum Gasteiger partial charge on any atom is 0.203 e. The third kappa shape index (κ3) is 1.67. The molecule has 0 fully saturated rings. The maximum absolute atomic E-state index is 10.1. The molecule has 1 aromatic carbocycles. The van der Waals surface area contributed by atoms with E-state index in [1.54, 1.807) is 0 Å². The first kappa shape index (κ1) is 7.99. The van der Waals surface area contributed by atoms with Gasteiger partial charge in [-0.3, -0.25) is 4.79 Å². The zero-order chi connectivity index (χ0) is 8.27. The Hall–Kier alpha value is -1.11. The van der Waals surface area contributed by atoms with E-state index in [0.717, 1.165) is 5.56 Å². The largest absolute Gasteiger partial charge is 0.291 e. The molecule has 0 aromatic heterocycles. The first-order valence-corrected chi connectivity index (χ1v) is 3.66. The average molecular weight is 147 g/mol. The van der Waals surface area contributed by atoms with E-state index in [2.05, 4.69) is 0 Å². The van der Waals surface area contributed by atoms with Crippen LogP contribution in [0, 0.1) is 13.8 Å². The molecule has 57 valence electrons. The van der Waals surface area contributed by atoms with Crippen molar-refractivity contribution in [3.8, 4) is 0 Å². The number of carbonyl (C=O) groups excluding carboxylic acids is 1. The Morgan fingerprint density at radius 2 is 2.09 bits per heavy atom. The molecule has 0 amide bonds. The van der Waals surface area contributed by atoms with Crippen molar-refractivity contribution < 1.29 is 4.79 Å². The molecular formula is C10H11O. The van der Waals surface area contributed by atoms with Gasteiger partial charge in [-0.25, -0.2) is 0 Å². The molecular weight excluding hydrogens is 136 g/mol. The summed E-state index contributed by atoms with van der Waals surface area (Å²) < 4.78 is 0. The highest BCUT2D eigenvalue weighted by Gasteiger charge is 1.98. The van der Waals surface area contributed by atoms with E-state index in [4.69, 9.17) is 0 Å². The third-order valence-electron chi connectivity index (χ3n) is 1.98. The van der Waals surface area contributed by atoms with Crippen molar-refractivity contribution in [3.05, 3.63) is 34.9 Å². The van der Waals surface area contributed by atoms with E-state index in [0.29, 0.717) is 6.42 Å². The lowest BCUT2D eigenvalue weighted by atomic mass is 10.0. The van der Waals surface area contributed by atoms with Gasteiger partial charge in [-0.15, -0.1) is 0 Å². The minimum absolute atomic E-state index is 0.410. The summed E-state index contributed by atoms with van der Waals surface area (Å²) in [6.45, 7) is 4.08. The molecule has 0 spiro atoms. The average Bonchev–Trinajstić information content (AvgIpc) is 1.99. The van der Waals surface area contributed by atoms with Crippen LogP contribution in [0.3, 0.4) is 0 Å². The summed E-state index contributed by atoms with van der Waals surface area (Å²) in [6.07, 6.45) is 2.31. The van der Waals surface area contributed by atoms with Crippen LogP contribution >= 0.6 is 0 Å². The van der Waals surface area contributed by atoms with Gasteiger partial charge in [-0.2, -0.15) is 0 Å². The SMILES string of the molecule is Cc1cccc(C[C]=O)c1C. The predicted molar refractivity (Wildman–Crippen MR) is 45.3 cm³/mol. The van der Waals surface area contributed by atoms with Crippen LogP contribution in [-0.2, 0) is 11.2 Å². The molecule has 0 saturated heterocycles. The van der Waals surface area contributed by atoms with Gasteiger partial charge in [0.15, 0.2) is 0 Å². The van der Waals surface area contributed by atoms with Crippen molar-refractivity contribution in [1.82, 2.24) is 0 Å². The third-order valence-corrected chi connectivity index (χ3v) is 1.98. The maximum atomic E-state index is 10.1. The lowest BCUT2D eigenvalue weighted by molar-refractivity contribution is 0.555. The van der Waals surface area contributed by atoms with Crippen LogP contribution < -0.4 is 0 Å². The predicted octanol–water partition coefficient (Wildman–Crippen LogP) is 1.96. The molecule has 1 heteroatoms. The number of benzene rings is 1. The smallest absolute Gasteiger partial charge is 0.203 e. The molecule has 0 heterocycles. The van der Waals surface area contributed by atoms with Gasteiger partial charge in [-0.1, -0.05) is 18.2 Å². The summed E-state index contributed by atoms with van der Waals surface area (Å²) in [6, 6.07) is 5.98. The van der Waals surface area contributed by atoms with Crippen LogP contribution in [0.2, 0.25) is 0 Å². The zero-order valence-corrected chi connectivity index (χ0v) is 6.85. The molecule has 0 aliphatic heterocycles. The fourth-order valence-electron chi connectivity index (χ4n) is 1.08. The second-order valence-electron chi connectivity index (χ2n) is 2.68. The van der Waals surface area contributed by atoms with Gasteiger partial charge in [-0.05, 0) is 30.5 Å². The van der Waals surface area contributed by atoms with E-state index in [-0.39, 0.29) is 0 Å². The zero-order valence-electron chi connectivity index (χ0n) is 6.85. The summed E-state index contributed by atoms with van der Waals surface area (Å²) >= 11 is 0. The van der Waals surface area contributed by atoms with Gasteiger partial charge in [0.2, 0.25) is 6.29 Å². The van der Waals surface area contributed by atoms with Crippen molar-refractivity contribution in [1.29, 1.82) is 0 Å². The standard InChI is InChI=1S/C10H11O/c1-8-4-3-5-10(6-7-11)9(8)2/h3-5H,6H2,1-2H3. The first-order chi connectivity index (χ1) is 5.25. The number of rotatable bonds is 2. The summed E-state index contributed by atoms with van der Waals surface area (Å²) in [5, 5.41) is 0. The molecule has 1 rings (SSSR count). The second kappa shape index (κ2) is 3.33. The fraction of sp³-hybridized carbons (Fsp3) is 0.300. The van der Waals surface area contributed by atoms with E-state index >= 15 is 0 Å². The quantitative estimate of drug-likeness (QED) is 0.625. The van der Waals surface area contributed by atoms with Crippen molar-refractivity contribution in [2.45, 2.75) is 20.3 Å². The second-order valence-corrected chi connectivity index (χ2v) is 2.68. The van der Waals surface area contributed by atoms with Gasteiger partial charge in [0.1, 0.15) is 0 Å². The summed E-state index contributed by atoms with van der Waals surface area (Å²) in [4.78, 5) is 10.1. The van der Waals surface area contributed by atoms with Gasteiger partial charge < -0.3 is 0 Å². The molecule has 0 aliphatic rings. The Bertz CT molecular complexity index is 264. The molecule has 11 heavy (non-hydrogen) atoms. The molecule has 0 unspecified atom stereocenters. The molecule has 0 N–H and O–H groups in total. The molecule has 1 aromatic rings. The molecule has 0 saturated carbocycles. The molecule has 0 aliphatic carbocycles. The summed E-state index contributed by atoms with van der Waals surface area (Å²) in [5.41, 5.74) is 3.52. The lowest BCUT2D eigenvalue weighted by Crippen LogP contribution is -1.92. The highest BCUT2D eigenvalue weighted by Crippen LogP contribution is 2.11. The minimum Gasteiger partial charge on any atom is -0.291 e. The van der Waals surface area contributed by atoms with Crippen LogP contribution in [0.1, 0.15) is 16.7 Å². The fourth-order valence-corrected chi connectivity index (χ4v) is 1.08. The van der Waals surface area contributed by atoms with Crippen LogP contribution in [0.25, 0.3) is 0 Å². The Morgan fingerprint density at radius 3 is 2.73 bits per heavy atom. The first-order valence-electron chi connectivity index (χ1n) is 3.66. The van der Waals surface area contributed by atoms with Crippen molar-refractivity contribution in [2.24, 2.45) is 0 Å². The van der Waals surface area contributed by atoms with Crippen LogP contribution in [0.5, 0.6) is 0 Å². The van der Waals surface area contributed by atoms with E-state index < -0.39 is 0 Å². The minimum atomic E-state index is 0.410. The Labute approximate surface area is 67.1 Å². The molecule has 1 nitrogen and oxygen atoms in total. The van der Waals surface area contributed by atoms with Gasteiger partial charge >= 0.3 is 0 Å². The Morgan fingerprint density at radius 1 is 1.36 bits per heavy atom. The topological polar surface area (TPSA) is 17.1 Å². The van der Waals surface area contributed by atoms with Gasteiger partial charge in [0.05, 0.1) is 0 Å². The normalized spacial score (nSPS) is 9.64. The van der Waals surface area contributed by atoms with Crippen molar-refractivity contribution in [3.63, 3.8) is 0 Å². The van der Waals surface area contributed by atoms with Gasteiger partial charge in [0.25, 0.3) is 0 Å². The summed E-state index contributed by atoms with van der Waals surface area (Å²) in [5.74, 6) is 0. The Balaban J connectivity index is 3.05. The monoisotopic (exact) mass is 147 g/mol. The number of hydrogen-bond donors (Lipinski definition) is 0. The van der Waals surface area contributed by atoms with E-state index in [1.165, 1.54) is 11.1 Å². The van der Waals surface area contributed by atoms with Crippen molar-refractivity contribution >= 4 is 6.29 Å².